The summed E-state index contributed by atoms with van der Waals surface area (Å²) in [6.45, 7) is 0. The van der Waals surface area contributed by atoms with E-state index in [0.29, 0.717) is 0 Å². The Bertz CT molecular complexity index is 851. The third kappa shape index (κ3) is 5.13. The van der Waals surface area contributed by atoms with Crippen LogP contribution in [0.15, 0.2) is 42.5 Å². The molecule has 0 aromatic heterocycles. The van der Waals surface area contributed by atoms with Gasteiger partial charge in [0.1, 0.15) is 11.6 Å². The monoisotopic (exact) mass is 384 g/mol. The number of halogens is 4. The molecule has 2 rings (SSSR count). The van der Waals surface area contributed by atoms with Crippen molar-refractivity contribution in [3.8, 4) is 5.75 Å². The molecule has 27 heavy (non-hydrogen) atoms. The molecule has 0 heterocycles. The summed E-state index contributed by atoms with van der Waals surface area (Å²) in [6.07, 6.45) is -2.15. The zero-order valence-corrected chi connectivity index (χ0v) is 14.4. The van der Waals surface area contributed by atoms with Crippen LogP contribution in [0.25, 0.3) is 6.08 Å². The van der Waals surface area contributed by atoms with Crippen LogP contribution in [0.2, 0.25) is 0 Å². The normalized spacial score (nSPS) is 11.3. The Balaban J connectivity index is 2.31. The van der Waals surface area contributed by atoms with Gasteiger partial charge in [-0.1, -0.05) is 12.1 Å². The highest BCUT2D eigenvalue weighted by molar-refractivity contribution is 5.88. The fourth-order valence-corrected chi connectivity index (χ4v) is 2.15. The lowest BCUT2D eigenvalue weighted by Crippen LogP contribution is -2.14. The fraction of sp³-hybridized carbons (Fsp3) is 0.167. The first-order valence-electron chi connectivity index (χ1n) is 7.58. The summed E-state index contributed by atoms with van der Waals surface area (Å²) in [5.74, 6) is -1.20. The molecule has 9 heteroatoms. The Hall–Kier alpha value is -3.23. The van der Waals surface area contributed by atoms with Crippen LogP contribution in [0.3, 0.4) is 0 Å². The van der Waals surface area contributed by atoms with Crippen molar-refractivity contribution in [1.29, 1.82) is 0 Å². The van der Waals surface area contributed by atoms with Gasteiger partial charge in [0.15, 0.2) is 0 Å². The molecule has 0 fully saturated rings. The van der Waals surface area contributed by atoms with Gasteiger partial charge in [-0.2, -0.15) is 13.2 Å². The van der Waals surface area contributed by atoms with Crippen molar-refractivity contribution < 1.29 is 31.8 Å². The zero-order valence-electron chi connectivity index (χ0n) is 14.4. The number of ether oxygens (including phenoxy) is 2. The first kappa shape index (κ1) is 20.1. The highest BCUT2D eigenvalue weighted by Crippen LogP contribution is 2.35. The van der Waals surface area contributed by atoms with E-state index in [1.54, 1.807) is 0 Å². The lowest BCUT2D eigenvalue weighted by Gasteiger charge is -2.17. The topological polar surface area (TPSA) is 59.6 Å². The van der Waals surface area contributed by atoms with E-state index in [0.717, 1.165) is 30.3 Å². The molecule has 2 aromatic carbocycles. The van der Waals surface area contributed by atoms with Crippen LogP contribution in [0, 0.1) is 5.82 Å². The maximum Gasteiger partial charge on any atom is 0.416 e. The molecule has 0 saturated carbocycles. The Morgan fingerprint density at radius 1 is 1.11 bits per heavy atom. The van der Waals surface area contributed by atoms with E-state index in [4.69, 9.17) is 4.74 Å². The summed E-state index contributed by atoms with van der Waals surface area (Å²) in [5.41, 5.74) is 4.29. The van der Waals surface area contributed by atoms with Crippen LogP contribution in [-0.2, 0) is 15.7 Å². The summed E-state index contributed by atoms with van der Waals surface area (Å²) in [5, 5.41) is 0. The van der Waals surface area contributed by atoms with Gasteiger partial charge in [0.05, 0.1) is 31.2 Å². The van der Waals surface area contributed by atoms with Crippen LogP contribution < -0.4 is 15.6 Å². The largest absolute Gasteiger partial charge is 0.495 e. The Kier molecular flexibility index (Phi) is 6.27. The predicted octanol–water partition coefficient (Wildman–Crippen LogP) is 4.48. The number of rotatable bonds is 6. The molecule has 0 aliphatic carbocycles. The number of carbonyl (C=O) groups is 1. The lowest BCUT2D eigenvalue weighted by atomic mass is 10.1. The Labute approximate surface area is 152 Å². The number of carbonyl (C=O) groups excluding carboxylic acids is 1. The summed E-state index contributed by atoms with van der Waals surface area (Å²) >= 11 is 0. The highest BCUT2D eigenvalue weighted by atomic mass is 19.4. The number of hydrazine groups is 1. The van der Waals surface area contributed by atoms with Gasteiger partial charge < -0.3 is 9.47 Å². The van der Waals surface area contributed by atoms with Gasteiger partial charge in [0.25, 0.3) is 0 Å². The molecule has 0 atom stereocenters. The number of hydrogen-bond donors (Lipinski definition) is 2. The maximum absolute atomic E-state index is 14.1. The summed E-state index contributed by atoms with van der Waals surface area (Å²) < 4.78 is 62.3. The second-order valence-corrected chi connectivity index (χ2v) is 5.22. The summed E-state index contributed by atoms with van der Waals surface area (Å²) in [7, 11) is 2.49. The van der Waals surface area contributed by atoms with Crippen molar-refractivity contribution in [3.63, 3.8) is 0 Å². The number of alkyl halides is 3. The van der Waals surface area contributed by atoms with Gasteiger partial charge in [-0.15, -0.1) is 0 Å². The Morgan fingerprint density at radius 2 is 1.85 bits per heavy atom. The van der Waals surface area contributed by atoms with E-state index in [1.165, 1.54) is 32.4 Å². The molecule has 0 bridgehead atoms. The number of hydrogen-bond acceptors (Lipinski definition) is 5. The molecular formula is C18H16F4N2O3. The third-order valence-electron chi connectivity index (χ3n) is 3.49. The second kappa shape index (κ2) is 8.43. The van der Waals surface area contributed by atoms with Crippen molar-refractivity contribution in [1.82, 2.24) is 0 Å². The van der Waals surface area contributed by atoms with Gasteiger partial charge in [0, 0.05) is 11.6 Å². The van der Waals surface area contributed by atoms with Crippen LogP contribution >= 0.6 is 0 Å². The quantitative estimate of drug-likeness (QED) is 0.333. The van der Waals surface area contributed by atoms with Gasteiger partial charge >= 0.3 is 12.1 Å². The predicted molar refractivity (Wildman–Crippen MR) is 92.7 cm³/mol. The number of esters is 1. The first-order chi connectivity index (χ1) is 12.8. The first-order valence-corrected chi connectivity index (χ1v) is 7.58. The molecule has 0 amide bonds. The van der Waals surface area contributed by atoms with E-state index in [1.807, 2.05) is 0 Å². The molecule has 0 saturated heterocycles. The average molecular weight is 384 g/mol. The van der Waals surface area contributed by atoms with Crippen LogP contribution in [0.5, 0.6) is 5.75 Å². The molecule has 5 nitrogen and oxygen atoms in total. The number of methoxy groups -OCH3 is 2. The molecule has 0 aliphatic rings. The molecule has 0 radical (unpaired) electrons. The minimum absolute atomic E-state index is 0.0431. The molecule has 0 spiro atoms. The van der Waals surface area contributed by atoms with E-state index in [-0.39, 0.29) is 22.7 Å². The molecule has 2 aromatic rings. The van der Waals surface area contributed by atoms with Crippen LogP contribution in [0.1, 0.15) is 11.1 Å². The van der Waals surface area contributed by atoms with Crippen molar-refractivity contribution in [3.05, 3.63) is 59.4 Å². The summed E-state index contributed by atoms with van der Waals surface area (Å²) in [6, 6.07) is 6.93. The van der Waals surface area contributed by atoms with Crippen molar-refractivity contribution in [2.75, 3.05) is 25.1 Å². The van der Waals surface area contributed by atoms with Gasteiger partial charge in [-0.25, -0.2) is 9.18 Å². The second-order valence-electron chi connectivity index (χ2n) is 5.22. The van der Waals surface area contributed by atoms with Crippen LogP contribution in [0.4, 0.5) is 28.9 Å². The third-order valence-corrected chi connectivity index (χ3v) is 3.49. The van der Waals surface area contributed by atoms with Gasteiger partial charge in [-0.3, -0.25) is 10.9 Å². The summed E-state index contributed by atoms with van der Waals surface area (Å²) in [4.78, 5) is 11.2. The lowest BCUT2D eigenvalue weighted by molar-refractivity contribution is -0.137. The van der Waals surface area contributed by atoms with Crippen molar-refractivity contribution in [2.24, 2.45) is 0 Å². The number of anilines is 2. The van der Waals surface area contributed by atoms with Crippen molar-refractivity contribution >= 4 is 23.4 Å². The van der Waals surface area contributed by atoms with Crippen molar-refractivity contribution in [2.45, 2.75) is 6.18 Å². The molecule has 0 aliphatic heterocycles. The average Bonchev–Trinajstić information content (AvgIpc) is 2.64. The fourth-order valence-electron chi connectivity index (χ4n) is 2.15. The molecule has 144 valence electrons. The Morgan fingerprint density at radius 3 is 2.48 bits per heavy atom. The van der Waals surface area contributed by atoms with E-state index < -0.39 is 23.5 Å². The molecule has 0 unspecified atom stereocenters. The van der Waals surface area contributed by atoms with E-state index >= 15 is 0 Å². The number of nitrogens with one attached hydrogen (secondary N) is 2. The number of benzene rings is 2. The van der Waals surface area contributed by atoms with E-state index in [2.05, 4.69) is 15.6 Å². The highest BCUT2D eigenvalue weighted by Gasteiger charge is 2.31. The van der Waals surface area contributed by atoms with Gasteiger partial charge in [-0.05, 0) is 30.3 Å². The molecule has 2 N–H and O–H groups in total. The smallest absolute Gasteiger partial charge is 0.416 e. The minimum atomic E-state index is -4.55. The molecular weight excluding hydrogens is 368 g/mol. The standard InChI is InChI=1S/C18H16F4N2O3/c1-26-15-8-7-12(18(20,21)22)10-14(15)23-24-17-11(4-3-5-13(17)19)6-9-16(25)27-2/h3-10,23-24H,1-2H3/b9-6+. The van der Waals surface area contributed by atoms with Gasteiger partial charge in [0.2, 0.25) is 0 Å². The van der Waals surface area contributed by atoms with E-state index in [9.17, 15) is 22.4 Å². The SMILES string of the molecule is COC(=O)/C=C/c1cccc(F)c1NNc1cc(C(F)(F)F)ccc1OC. The zero-order chi connectivity index (χ0) is 20.0. The minimum Gasteiger partial charge on any atom is -0.495 e. The maximum atomic E-state index is 14.1. The number of para-hydroxylation sites is 1. The van der Waals surface area contributed by atoms with Crippen LogP contribution in [-0.4, -0.2) is 20.2 Å².